The first-order valence-corrected chi connectivity index (χ1v) is 7.26. The van der Waals surface area contributed by atoms with Crippen LogP contribution in [0.2, 0.25) is 5.15 Å². The molecule has 0 fully saturated rings. The summed E-state index contributed by atoms with van der Waals surface area (Å²) in [5, 5.41) is 3.18. The zero-order valence-corrected chi connectivity index (χ0v) is 13.0. The van der Waals surface area contributed by atoms with Gasteiger partial charge in [0.25, 0.3) is 5.91 Å². The van der Waals surface area contributed by atoms with Gasteiger partial charge in [-0.15, -0.1) is 11.3 Å². The molecule has 0 aliphatic rings. The molecule has 1 N–H and O–H groups in total. The fraction of sp³-hybridized carbons (Fsp3) is 0.308. The van der Waals surface area contributed by atoms with Crippen molar-refractivity contribution in [3.8, 4) is 0 Å². The minimum absolute atomic E-state index is 0.0985. The highest BCUT2D eigenvalue weighted by Gasteiger charge is 2.15. The maximum atomic E-state index is 12.4. The quantitative estimate of drug-likeness (QED) is 0.882. The molecule has 0 saturated carbocycles. The summed E-state index contributed by atoms with van der Waals surface area (Å²) in [6, 6.07) is 3.25. The van der Waals surface area contributed by atoms with Crippen LogP contribution in [0.5, 0.6) is 0 Å². The maximum Gasteiger partial charge on any atom is 0.254 e. The summed E-state index contributed by atoms with van der Waals surface area (Å²) in [6.45, 7) is 2.47. The van der Waals surface area contributed by atoms with Gasteiger partial charge in [-0.1, -0.05) is 11.6 Å². The summed E-state index contributed by atoms with van der Waals surface area (Å²) < 4.78 is 0. The lowest BCUT2D eigenvalue weighted by molar-refractivity contribution is 0.0786. The van der Waals surface area contributed by atoms with Crippen LogP contribution >= 0.6 is 22.9 Å². The van der Waals surface area contributed by atoms with Gasteiger partial charge >= 0.3 is 0 Å². The van der Waals surface area contributed by atoms with Crippen LogP contribution in [-0.4, -0.2) is 34.9 Å². The molecule has 0 spiro atoms. The molecule has 0 aliphatic heterocycles. The summed E-state index contributed by atoms with van der Waals surface area (Å²) in [6.07, 6.45) is 0. The van der Waals surface area contributed by atoms with E-state index in [1.807, 2.05) is 6.92 Å². The van der Waals surface area contributed by atoms with Crippen molar-refractivity contribution in [2.24, 2.45) is 0 Å². The average molecular weight is 311 g/mol. The van der Waals surface area contributed by atoms with Crippen molar-refractivity contribution < 1.29 is 4.79 Å². The van der Waals surface area contributed by atoms with Crippen molar-refractivity contribution in [3.63, 3.8) is 0 Å². The Morgan fingerprint density at radius 2 is 2.25 bits per heavy atom. The van der Waals surface area contributed by atoms with Crippen LogP contribution in [0.4, 0.5) is 5.82 Å². The topological polar surface area (TPSA) is 58.1 Å². The summed E-state index contributed by atoms with van der Waals surface area (Å²) in [5.41, 5.74) is 3.25. The molecular formula is C13H15ClN4OS. The Bertz CT molecular complexity index is 629. The first kappa shape index (κ1) is 14.7. The number of nitrogens with one attached hydrogen (secondary N) is 1. The molecule has 2 aromatic rings. The molecule has 0 aliphatic carbocycles. The van der Waals surface area contributed by atoms with Gasteiger partial charge in [-0.3, -0.25) is 4.79 Å². The van der Waals surface area contributed by atoms with Gasteiger partial charge < -0.3 is 10.2 Å². The zero-order chi connectivity index (χ0) is 14.7. The lowest BCUT2D eigenvalue weighted by atomic mass is 10.2. The Labute approximate surface area is 126 Å². The van der Waals surface area contributed by atoms with E-state index in [0.29, 0.717) is 23.1 Å². The smallest absolute Gasteiger partial charge is 0.254 e. The van der Waals surface area contributed by atoms with Crippen molar-refractivity contribution in [3.05, 3.63) is 38.9 Å². The Hall–Kier alpha value is -1.66. The van der Waals surface area contributed by atoms with E-state index in [1.54, 1.807) is 48.0 Å². The van der Waals surface area contributed by atoms with Gasteiger partial charge in [0.2, 0.25) is 0 Å². The number of thiazole rings is 1. The molecule has 0 bridgehead atoms. The third-order valence-electron chi connectivity index (χ3n) is 2.87. The van der Waals surface area contributed by atoms with Gasteiger partial charge in [0.05, 0.1) is 17.7 Å². The van der Waals surface area contributed by atoms with Crippen LogP contribution in [0.25, 0.3) is 0 Å². The predicted octanol–water partition coefficient (Wildman–Crippen LogP) is 2.81. The van der Waals surface area contributed by atoms with Crippen molar-refractivity contribution >= 4 is 34.7 Å². The van der Waals surface area contributed by atoms with Gasteiger partial charge in [0, 0.05) is 24.5 Å². The van der Waals surface area contributed by atoms with E-state index in [2.05, 4.69) is 15.3 Å². The number of aryl methyl sites for hydroxylation is 1. The minimum Gasteiger partial charge on any atom is -0.373 e. The van der Waals surface area contributed by atoms with E-state index in [-0.39, 0.29) is 5.91 Å². The monoisotopic (exact) mass is 310 g/mol. The van der Waals surface area contributed by atoms with E-state index in [4.69, 9.17) is 11.6 Å². The fourth-order valence-electron chi connectivity index (χ4n) is 1.73. The summed E-state index contributed by atoms with van der Waals surface area (Å²) in [7, 11) is 3.49. The van der Waals surface area contributed by atoms with Gasteiger partial charge in [-0.05, 0) is 19.1 Å². The molecule has 0 unspecified atom stereocenters. The van der Waals surface area contributed by atoms with Crippen molar-refractivity contribution in [2.45, 2.75) is 13.5 Å². The van der Waals surface area contributed by atoms with Crippen molar-refractivity contribution in [1.82, 2.24) is 14.9 Å². The molecule has 106 valence electrons. The molecule has 2 aromatic heterocycles. The van der Waals surface area contributed by atoms with Gasteiger partial charge in [-0.2, -0.15) is 0 Å². The third kappa shape index (κ3) is 3.26. The molecule has 5 nitrogen and oxygen atoms in total. The van der Waals surface area contributed by atoms with Gasteiger partial charge in [0.1, 0.15) is 11.0 Å². The second kappa shape index (κ2) is 6.19. The molecule has 2 rings (SSSR count). The fourth-order valence-corrected chi connectivity index (χ4v) is 2.77. The minimum atomic E-state index is -0.0985. The molecule has 0 aromatic carbocycles. The normalized spacial score (nSPS) is 10.4. The Morgan fingerprint density at radius 3 is 2.85 bits per heavy atom. The molecule has 20 heavy (non-hydrogen) atoms. The van der Waals surface area contributed by atoms with Crippen LogP contribution in [-0.2, 0) is 6.54 Å². The summed E-state index contributed by atoms with van der Waals surface area (Å²) in [4.78, 5) is 23.4. The highest BCUT2D eigenvalue weighted by Crippen LogP contribution is 2.18. The van der Waals surface area contributed by atoms with E-state index >= 15 is 0 Å². The summed E-state index contributed by atoms with van der Waals surface area (Å²) >= 11 is 7.46. The van der Waals surface area contributed by atoms with Crippen LogP contribution in [0.1, 0.15) is 20.9 Å². The van der Waals surface area contributed by atoms with Crippen LogP contribution in [0, 0.1) is 6.92 Å². The largest absolute Gasteiger partial charge is 0.373 e. The average Bonchev–Trinajstić information content (AvgIpc) is 2.82. The van der Waals surface area contributed by atoms with Gasteiger partial charge in [-0.25, -0.2) is 9.97 Å². The lowest BCUT2D eigenvalue weighted by Crippen LogP contribution is -2.26. The predicted molar refractivity (Wildman–Crippen MR) is 81.4 cm³/mol. The number of anilines is 1. The van der Waals surface area contributed by atoms with Crippen LogP contribution in [0.15, 0.2) is 17.6 Å². The SMILES string of the molecule is CNc1cc(C(=O)N(C)Cc2scnc2C)cc(Cl)n1. The number of hydrogen-bond acceptors (Lipinski definition) is 5. The first-order chi connectivity index (χ1) is 9.51. The molecular weight excluding hydrogens is 296 g/mol. The number of nitrogens with zero attached hydrogens (tertiary/aromatic N) is 3. The van der Waals surface area contributed by atoms with E-state index in [9.17, 15) is 4.79 Å². The Morgan fingerprint density at radius 1 is 1.50 bits per heavy atom. The standard InChI is InChI=1S/C13H15ClN4OS/c1-8-10(20-7-16-8)6-18(3)13(19)9-4-11(14)17-12(5-9)15-2/h4-5,7H,6H2,1-3H3,(H,15,17). The number of rotatable bonds is 4. The lowest BCUT2D eigenvalue weighted by Gasteiger charge is -2.17. The first-order valence-electron chi connectivity index (χ1n) is 6.01. The van der Waals surface area contributed by atoms with Gasteiger partial charge in [0.15, 0.2) is 0 Å². The van der Waals surface area contributed by atoms with Crippen molar-refractivity contribution in [1.29, 1.82) is 0 Å². The number of carbonyl (C=O) groups is 1. The van der Waals surface area contributed by atoms with Crippen LogP contribution < -0.4 is 5.32 Å². The van der Waals surface area contributed by atoms with E-state index < -0.39 is 0 Å². The molecule has 1 amide bonds. The Kier molecular flexibility index (Phi) is 4.57. The highest BCUT2D eigenvalue weighted by molar-refractivity contribution is 7.09. The van der Waals surface area contributed by atoms with Crippen molar-refractivity contribution in [2.75, 3.05) is 19.4 Å². The number of carbonyl (C=O) groups excluding carboxylic acids is 1. The molecule has 7 heteroatoms. The van der Waals surface area contributed by atoms with Crippen LogP contribution in [0.3, 0.4) is 0 Å². The summed E-state index contributed by atoms with van der Waals surface area (Å²) in [5.74, 6) is 0.474. The molecule has 0 radical (unpaired) electrons. The number of aromatic nitrogens is 2. The number of pyridine rings is 1. The third-order valence-corrected chi connectivity index (χ3v) is 3.98. The molecule has 2 heterocycles. The molecule has 0 saturated heterocycles. The highest BCUT2D eigenvalue weighted by atomic mass is 35.5. The second-order valence-corrected chi connectivity index (χ2v) is 5.66. The number of amides is 1. The van der Waals surface area contributed by atoms with E-state index in [1.165, 1.54) is 0 Å². The maximum absolute atomic E-state index is 12.4. The molecule has 0 atom stereocenters. The number of hydrogen-bond donors (Lipinski definition) is 1. The zero-order valence-electron chi connectivity index (χ0n) is 11.5. The second-order valence-electron chi connectivity index (χ2n) is 4.34. The Balaban J connectivity index is 2.18. The van der Waals surface area contributed by atoms with E-state index in [0.717, 1.165) is 10.6 Å². The number of halogens is 1.